The van der Waals surface area contributed by atoms with E-state index >= 15 is 0 Å². The fourth-order valence-electron chi connectivity index (χ4n) is 2.97. The Balaban J connectivity index is 1.55. The zero-order chi connectivity index (χ0) is 20.4. The fraction of sp³-hybridized carbons (Fsp3) is 0.263. The third-order valence-corrected chi connectivity index (χ3v) is 5.42. The van der Waals surface area contributed by atoms with Crippen LogP contribution in [0.15, 0.2) is 39.6 Å². The second-order valence-corrected chi connectivity index (χ2v) is 7.25. The summed E-state index contributed by atoms with van der Waals surface area (Å²) in [7, 11) is 3.09. The maximum atomic E-state index is 12.4. The molecule has 0 unspecified atom stereocenters. The summed E-state index contributed by atoms with van der Waals surface area (Å²) in [6, 6.07) is 8.27. The van der Waals surface area contributed by atoms with Crippen LogP contribution in [0.5, 0.6) is 11.5 Å². The number of anilines is 1. The van der Waals surface area contributed by atoms with Gasteiger partial charge in [-0.1, -0.05) is 5.16 Å². The highest BCUT2D eigenvalue weighted by Gasteiger charge is 2.23. The number of carbonyl (C=O) groups is 1. The molecule has 29 heavy (non-hydrogen) atoms. The summed E-state index contributed by atoms with van der Waals surface area (Å²) in [5.74, 6) is 2.55. The molecule has 9 nitrogen and oxygen atoms in total. The van der Waals surface area contributed by atoms with E-state index in [1.165, 1.54) is 6.07 Å². The molecule has 0 aliphatic carbocycles. The zero-order valence-corrected chi connectivity index (χ0v) is 16.6. The first-order valence-electron chi connectivity index (χ1n) is 8.74. The molecule has 3 aromatic rings. The monoisotopic (exact) mass is 414 g/mol. The largest absolute Gasteiger partial charge is 0.493 e. The molecule has 0 fully saturated rings. The van der Waals surface area contributed by atoms with Gasteiger partial charge in [-0.05, 0) is 24.3 Å². The molecular weight excluding hydrogens is 396 g/mol. The van der Waals surface area contributed by atoms with Gasteiger partial charge in [0.15, 0.2) is 11.5 Å². The quantitative estimate of drug-likeness (QED) is 0.655. The Morgan fingerprint density at radius 2 is 2.03 bits per heavy atom. The van der Waals surface area contributed by atoms with Crippen LogP contribution in [0, 0.1) is 0 Å². The minimum atomic E-state index is -0.417. The summed E-state index contributed by atoms with van der Waals surface area (Å²) in [6.45, 7) is -0.247. The number of aromatic nitrogens is 3. The molecule has 0 saturated heterocycles. The van der Waals surface area contributed by atoms with Crippen molar-refractivity contribution in [2.75, 3.05) is 19.5 Å². The van der Waals surface area contributed by atoms with Crippen LogP contribution in [0.4, 0.5) is 5.88 Å². The molecule has 2 aromatic heterocycles. The third-order valence-electron chi connectivity index (χ3n) is 4.45. The highest BCUT2D eigenvalue weighted by atomic mass is 32.2. The van der Waals surface area contributed by atoms with Gasteiger partial charge in [0, 0.05) is 23.1 Å². The SMILES string of the molecule is COc1ccc(-c2ccc(=O)n(CC(=O)Nc3onc4c3CSC4)n2)cc1OC. The first-order valence-corrected chi connectivity index (χ1v) is 9.90. The van der Waals surface area contributed by atoms with E-state index in [0.717, 1.165) is 33.0 Å². The minimum Gasteiger partial charge on any atom is -0.493 e. The first-order chi connectivity index (χ1) is 14.1. The molecule has 1 aliphatic rings. The number of thioether (sulfide) groups is 1. The number of carbonyl (C=O) groups excluding carboxylic acids is 1. The lowest BCUT2D eigenvalue weighted by Crippen LogP contribution is -2.29. The zero-order valence-electron chi connectivity index (χ0n) is 15.8. The highest BCUT2D eigenvalue weighted by molar-refractivity contribution is 7.98. The molecule has 1 aromatic carbocycles. The van der Waals surface area contributed by atoms with E-state index in [-0.39, 0.29) is 12.1 Å². The van der Waals surface area contributed by atoms with Gasteiger partial charge in [-0.25, -0.2) is 4.68 Å². The molecule has 0 atom stereocenters. The van der Waals surface area contributed by atoms with Gasteiger partial charge in [-0.2, -0.15) is 16.9 Å². The lowest BCUT2D eigenvalue weighted by Gasteiger charge is -2.10. The van der Waals surface area contributed by atoms with Gasteiger partial charge in [-0.15, -0.1) is 0 Å². The molecule has 10 heteroatoms. The van der Waals surface area contributed by atoms with Crippen molar-refractivity contribution in [2.45, 2.75) is 18.1 Å². The molecule has 4 rings (SSSR count). The minimum absolute atomic E-state index is 0.247. The van der Waals surface area contributed by atoms with Crippen molar-refractivity contribution in [3.63, 3.8) is 0 Å². The Hall–Kier alpha value is -3.27. The molecule has 0 spiro atoms. The Kier molecular flexibility index (Phi) is 5.26. The van der Waals surface area contributed by atoms with E-state index < -0.39 is 5.91 Å². The number of nitrogens with one attached hydrogen (secondary N) is 1. The molecule has 1 amide bonds. The van der Waals surface area contributed by atoms with E-state index in [1.54, 1.807) is 50.2 Å². The average molecular weight is 414 g/mol. The Morgan fingerprint density at radius 1 is 1.21 bits per heavy atom. The van der Waals surface area contributed by atoms with Crippen molar-refractivity contribution >= 4 is 23.6 Å². The number of benzene rings is 1. The summed E-state index contributed by atoms with van der Waals surface area (Å²) in [6.07, 6.45) is 0. The predicted molar refractivity (Wildman–Crippen MR) is 107 cm³/mol. The number of rotatable bonds is 6. The van der Waals surface area contributed by atoms with E-state index in [0.29, 0.717) is 23.1 Å². The Labute approximate surface area is 170 Å². The maximum Gasteiger partial charge on any atom is 0.267 e. The second-order valence-electron chi connectivity index (χ2n) is 6.26. The second kappa shape index (κ2) is 8.00. The van der Waals surface area contributed by atoms with E-state index in [1.807, 2.05) is 0 Å². The van der Waals surface area contributed by atoms with Crippen LogP contribution in [0.25, 0.3) is 11.3 Å². The summed E-state index contributed by atoms with van der Waals surface area (Å²) in [4.78, 5) is 24.6. The van der Waals surface area contributed by atoms with Gasteiger partial charge in [0.05, 0.1) is 31.2 Å². The van der Waals surface area contributed by atoms with Crippen LogP contribution in [0.2, 0.25) is 0 Å². The summed E-state index contributed by atoms with van der Waals surface area (Å²) in [5, 5.41) is 10.9. The summed E-state index contributed by atoms with van der Waals surface area (Å²) < 4.78 is 16.8. The number of nitrogens with zero attached hydrogens (tertiary/aromatic N) is 3. The lowest BCUT2D eigenvalue weighted by molar-refractivity contribution is -0.117. The molecular formula is C19H18N4O5S. The Bertz CT molecular complexity index is 1120. The first kappa shape index (κ1) is 19.1. The molecule has 3 heterocycles. The maximum absolute atomic E-state index is 12.4. The van der Waals surface area contributed by atoms with Gasteiger partial charge in [0.1, 0.15) is 6.54 Å². The van der Waals surface area contributed by atoms with Crippen LogP contribution in [0.3, 0.4) is 0 Å². The van der Waals surface area contributed by atoms with Crippen LogP contribution in [-0.4, -0.2) is 35.1 Å². The fourth-order valence-corrected chi connectivity index (χ4v) is 3.99. The van der Waals surface area contributed by atoms with Crippen molar-refractivity contribution < 1.29 is 18.8 Å². The standard InChI is InChI=1S/C19H18N4O5S/c1-26-15-5-3-11(7-16(15)27-2)13-4-6-18(25)23(21-13)8-17(24)20-19-12-9-29-10-14(12)22-28-19/h3-7H,8-10H2,1-2H3,(H,20,24). The number of fused-ring (bicyclic) bond motifs is 1. The lowest BCUT2D eigenvalue weighted by atomic mass is 10.1. The number of hydrogen-bond acceptors (Lipinski definition) is 8. The topological polar surface area (TPSA) is 108 Å². The van der Waals surface area contributed by atoms with Crippen molar-refractivity contribution in [2.24, 2.45) is 0 Å². The number of amides is 1. The van der Waals surface area contributed by atoms with Crippen LogP contribution >= 0.6 is 11.8 Å². The normalized spacial score (nSPS) is 12.5. The van der Waals surface area contributed by atoms with Gasteiger partial charge >= 0.3 is 0 Å². The number of ether oxygens (including phenoxy) is 2. The van der Waals surface area contributed by atoms with E-state index in [4.69, 9.17) is 14.0 Å². The number of hydrogen-bond donors (Lipinski definition) is 1. The van der Waals surface area contributed by atoms with Gasteiger partial charge in [0.2, 0.25) is 11.8 Å². The molecule has 1 aliphatic heterocycles. The van der Waals surface area contributed by atoms with Gasteiger partial charge < -0.3 is 14.0 Å². The average Bonchev–Trinajstić information content (AvgIpc) is 3.34. The molecule has 1 N–H and O–H groups in total. The summed E-state index contributed by atoms with van der Waals surface area (Å²) in [5.41, 5.74) is 2.60. The van der Waals surface area contributed by atoms with Crippen molar-refractivity contribution in [1.29, 1.82) is 0 Å². The molecule has 0 radical (unpaired) electrons. The molecule has 150 valence electrons. The van der Waals surface area contributed by atoms with E-state index in [9.17, 15) is 9.59 Å². The highest BCUT2D eigenvalue weighted by Crippen LogP contribution is 2.34. The van der Waals surface area contributed by atoms with Crippen molar-refractivity contribution in [3.05, 3.63) is 51.9 Å². The smallest absolute Gasteiger partial charge is 0.267 e. The van der Waals surface area contributed by atoms with Crippen molar-refractivity contribution in [3.8, 4) is 22.8 Å². The van der Waals surface area contributed by atoms with Crippen LogP contribution in [0.1, 0.15) is 11.3 Å². The van der Waals surface area contributed by atoms with Gasteiger partial charge in [-0.3, -0.25) is 14.9 Å². The van der Waals surface area contributed by atoms with E-state index in [2.05, 4.69) is 15.6 Å². The van der Waals surface area contributed by atoms with Crippen LogP contribution in [-0.2, 0) is 22.8 Å². The van der Waals surface area contributed by atoms with Crippen LogP contribution < -0.4 is 20.3 Å². The Morgan fingerprint density at radius 3 is 2.83 bits per heavy atom. The van der Waals surface area contributed by atoms with Gasteiger partial charge in [0.25, 0.3) is 5.56 Å². The molecule has 0 bridgehead atoms. The third kappa shape index (κ3) is 3.83. The van der Waals surface area contributed by atoms with Crippen molar-refractivity contribution in [1.82, 2.24) is 14.9 Å². The molecule has 0 saturated carbocycles. The number of methoxy groups -OCH3 is 2. The predicted octanol–water partition coefficient (Wildman–Crippen LogP) is 2.30. The summed E-state index contributed by atoms with van der Waals surface area (Å²) >= 11 is 1.70.